The fourth-order valence-electron chi connectivity index (χ4n) is 1.50. The average Bonchev–Trinajstić information content (AvgIpc) is 2.05. The van der Waals surface area contributed by atoms with Gasteiger partial charge in [-0.1, -0.05) is 11.6 Å². The van der Waals surface area contributed by atoms with Crippen molar-refractivity contribution in [2.45, 2.75) is 19.4 Å². The van der Waals surface area contributed by atoms with E-state index in [4.69, 9.17) is 11.6 Å². The fraction of sp³-hybridized carbons (Fsp3) is 0.400. The lowest BCUT2D eigenvalue weighted by molar-refractivity contribution is 0.589. The van der Waals surface area contributed by atoms with Crippen molar-refractivity contribution >= 4 is 23.0 Å². The predicted molar refractivity (Wildman–Crippen MR) is 57.6 cm³/mol. The van der Waals surface area contributed by atoms with Gasteiger partial charge in [-0.2, -0.15) is 0 Å². The Hall–Kier alpha value is -0.890. The van der Waals surface area contributed by atoms with Crippen LogP contribution in [0.15, 0.2) is 18.2 Å². The molecule has 3 heteroatoms. The Morgan fingerprint density at radius 3 is 2.85 bits per heavy atom. The quantitative estimate of drug-likeness (QED) is 0.667. The molecule has 13 heavy (non-hydrogen) atoms. The third kappa shape index (κ3) is 1.73. The van der Waals surface area contributed by atoms with Gasteiger partial charge in [-0.25, -0.2) is 0 Å². The summed E-state index contributed by atoms with van der Waals surface area (Å²) in [5, 5.41) is 7.56. The summed E-state index contributed by atoms with van der Waals surface area (Å²) in [6, 6.07) is 5.85. The van der Waals surface area contributed by atoms with E-state index >= 15 is 0 Å². The van der Waals surface area contributed by atoms with Gasteiger partial charge in [-0.3, -0.25) is 0 Å². The fourth-order valence-corrected chi connectivity index (χ4v) is 1.67. The highest BCUT2D eigenvalue weighted by Crippen LogP contribution is 2.31. The van der Waals surface area contributed by atoms with Gasteiger partial charge in [0.1, 0.15) is 0 Å². The van der Waals surface area contributed by atoms with E-state index in [1.54, 1.807) is 0 Å². The molecule has 0 saturated heterocycles. The van der Waals surface area contributed by atoms with Gasteiger partial charge in [-0.05, 0) is 32.0 Å². The Balaban J connectivity index is 2.37. The minimum atomic E-state index is 0.112. The number of halogens is 1. The Kier molecular flexibility index (Phi) is 1.88. The SMILES string of the molecule is CC1(C)CNc2cc(Cl)ccc2N1. The van der Waals surface area contributed by atoms with Crippen LogP contribution in [0.4, 0.5) is 11.4 Å². The molecule has 1 aromatic carbocycles. The van der Waals surface area contributed by atoms with Crippen LogP contribution >= 0.6 is 11.6 Å². The van der Waals surface area contributed by atoms with E-state index in [2.05, 4.69) is 24.5 Å². The van der Waals surface area contributed by atoms with Crippen molar-refractivity contribution in [2.75, 3.05) is 17.2 Å². The van der Waals surface area contributed by atoms with Gasteiger partial charge < -0.3 is 10.6 Å². The first kappa shape index (κ1) is 8.70. The number of hydrogen-bond donors (Lipinski definition) is 2. The lowest BCUT2D eigenvalue weighted by atomic mass is 10.0. The molecule has 0 saturated carbocycles. The Labute approximate surface area is 83.3 Å². The molecule has 0 aromatic heterocycles. The van der Waals surface area contributed by atoms with Crippen LogP contribution in [-0.2, 0) is 0 Å². The molecule has 0 bridgehead atoms. The van der Waals surface area contributed by atoms with E-state index in [0.717, 1.165) is 22.9 Å². The Morgan fingerprint density at radius 1 is 1.31 bits per heavy atom. The maximum Gasteiger partial charge on any atom is 0.0591 e. The summed E-state index contributed by atoms with van der Waals surface area (Å²) < 4.78 is 0. The molecule has 0 spiro atoms. The van der Waals surface area contributed by atoms with E-state index in [-0.39, 0.29) is 5.54 Å². The molecule has 70 valence electrons. The van der Waals surface area contributed by atoms with Gasteiger partial charge in [0, 0.05) is 17.1 Å². The summed E-state index contributed by atoms with van der Waals surface area (Å²) >= 11 is 5.88. The molecule has 1 aliphatic heterocycles. The lowest BCUT2D eigenvalue weighted by Crippen LogP contribution is -2.42. The zero-order chi connectivity index (χ0) is 9.47. The third-order valence-corrected chi connectivity index (χ3v) is 2.41. The molecular formula is C10H13ClN2. The van der Waals surface area contributed by atoms with E-state index in [1.165, 1.54) is 0 Å². The first-order valence-electron chi connectivity index (χ1n) is 4.38. The van der Waals surface area contributed by atoms with E-state index < -0.39 is 0 Å². The second kappa shape index (κ2) is 2.81. The molecule has 2 nitrogen and oxygen atoms in total. The molecule has 0 atom stereocenters. The minimum absolute atomic E-state index is 0.112. The number of anilines is 2. The highest BCUT2D eigenvalue weighted by Gasteiger charge is 2.23. The van der Waals surface area contributed by atoms with E-state index in [0.29, 0.717) is 0 Å². The minimum Gasteiger partial charge on any atom is -0.381 e. The molecule has 0 unspecified atom stereocenters. The summed E-state index contributed by atoms with van der Waals surface area (Å²) in [5.41, 5.74) is 2.33. The average molecular weight is 197 g/mol. The molecule has 2 rings (SSSR count). The molecule has 1 aliphatic rings. The second-order valence-electron chi connectivity index (χ2n) is 4.05. The number of fused-ring (bicyclic) bond motifs is 1. The van der Waals surface area contributed by atoms with Crippen LogP contribution in [0, 0.1) is 0 Å². The van der Waals surface area contributed by atoms with Crippen LogP contribution in [0.2, 0.25) is 5.02 Å². The van der Waals surface area contributed by atoms with Crippen LogP contribution in [0.25, 0.3) is 0 Å². The number of rotatable bonds is 0. The third-order valence-electron chi connectivity index (χ3n) is 2.18. The molecule has 1 heterocycles. The molecule has 0 aliphatic carbocycles. The topological polar surface area (TPSA) is 24.1 Å². The summed E-state index contributed by atoms with van der Waals surface area (Å²) in [7, 11) is 0. The van der Waals surface area contributed by atoms with Crippen molar-refractivity contribution in [2.24, 2.45) is 0 Å². The lowest BCUT2D eigenvalue weighted by Gasteiger charge is -2.34. The molecule has 0 amide bonds. The van der Waals surface area contributed by atoms with Crippen LogP contribution < -0.4 is 10.6 Å². The largest absolute Gasteiger partial charge is 0.381 e. The highest BCUT2D eigenvalue weighted by molar-refractivity contribution is 6.31. The van der Waals surface area contributed by atoms with E-state index in [9.17, 15) is 0 Å². The Morgan fingerprint density at radius 2 is 2.08 bits per heavy atom. The Bertz CT molecular complexity index is 334. The molecular weight excluding hydrogens is 184 g/mol. The van der Waals surface area contributed by atoms with Gasteiger partial charge in [-0.15, -0.1) is 0 Å². The van der Waals surface area contributed by atoms with Crippen molar-refractivity contribution in [1.29, 1.82) is 0 Å². The number of hydrogen-bond acceptors (Lipinski definition) is 2. The van der Waals surface area contributed by atoms with Gasteiger partial charge >= 0.3 is 0 Å². The molecule has 1 aromatic rings. The standard InChI is InChI=1S/C10H13ClN2/c1-10(2)6-12-9-5-7(11)3-4-8(9)13-10/h3-5,12-13H,6H2,1-2H3. The van der Waals surface area contributed by atoms with Crippen molar-refractivity contribution in [1.82, 2.24) is 0 Å². The van der Waals surface area contributed by atoms with Crippen molar-refractivity contribution in [3.63, 3.8) is 0 Å². The molecule has 2 N–H and O–H groups in total. The second-order valence-corrected chi connectivity index (χ2v) is 4.49. The van der Waals surface area contributed by atoms with Crippen molar-refractivity contribution < 1.29 is 0 Å². The summed E-state index contributed by atoms with van der Waals surface area (Å²) in [5.74, 6) is 0. The first-order chi connectivity index (χ1) is 6.07. The predicted octanol–water partition coefficient (Wildman–Crippen LogP) is 2.96. The van der Waals surface area contributed by atoms with Gasteiger partial charge in [0.25, 0.3) is 0 Å². The number of nitrogens with one attached hydrogen (secondary N) is 2. The van der Waals surface area contributed by atoms with Crippen LogP contribution in [0.3, 0.4) is 0 Å². The highest BCUT2D eigenvalue weighted by atomic mass is 35.5. The van der Waals surface area contributed by atoms with Gasteiger partial charge in [0.15, 0.2) is 0 Å². The maximum absolute atomic E-state index is 5.88. The van der Waals surface area contributed by atoms with Gasteiger partial charge in [0.05, 0.1) is 11.4 Å². The molecule has 0 fully saturated rings. The normalized spacial score (nSPS) is 18.4. The zero-order valence-corrected chi connectivity index (χ0v) is 8.57. The van der Waals surface area contributed by atoms with Gasteiger partial charge in [0.2, 0.25) is 0 Å². The maximum atomic E-state index is 5.88. The van der Waals surface area contributed by atoms with Crippen molar-refractivity contribution in [3.8, 4) is 0 Å². The zero-order valence-electron chi connectivity index (χ0n) is 7.82. The smallest absolute Gasteiger partial charge is 0.0591 e. The summed E-state index contributed by atoms with van der Waals surface area (Å²) in [4.78, 5) is 0. The molecule has 0 radical (unpaired) electrons. The monoisotopic (exact) mass is 196 g/mol. The van der Waals surface area contributed by atoms with Crippen LogP contribution in [0.5, 0.6) is 0 Å². The number of benzene rings is 1. The van der Waals surface area contributed by atoms with E-state index in [1.807, 2.05) is 18.2 Å². The summed E-state index contributed by atoms with van der Waals surface area (Å²) in [6.07, 6.45) is 0. The van der Waals surface area contributed by atoms with Crippen molar-refractivity contribution in [3.05, 3.63) is 23.2 Å². The van der Waals surface area contributed by atoms with Crippen LogP contribution in [-0.4, -0.2) is 12.1 Å². The summed E-state index contributed by atoms with van der Waals surface area (Å²) in [6.45, 7) is 5.25. The van der Waals surface area contributed by atoms with Crippen LogP contribution in [0.1, 0.15) is 13.8 Å². The first-order valence-corrected chi connectivity index (χ1v) is 4.76.